The number of halogens is 1. The molecule has 300 valence electrons. The Morgan fingerprint density at radius 2 is 1.34 bits per heavy atom. The predicted molar refractivity (Wildman–Crippen MR) is 203 cm³/mol. The first kappa shape index (κ1) is 41.2. The molecule has 5 N–H and O–H groups in total. The van der Waals surface area contributed by atoms with Crippen LogP contribution in [0.15, 0.2) is 48.7 Å². The van der Waals surface area contributed by atoms with Crippen LogP contribution in [-0.4, -0.2) is 101 Å². The Morgan fingerprint density at radius 1 is 0.786 bits per heavy atom. The highest BCUT2D eigenvalue weighted by molar-refractivity contribution is 6.04. The summed E-state index contributed by atoms with van der Waals surface area (Å²) in [5.74, 6) is -1.93. The smallest absolute Gasteiger partial charge is 0.407 e. The second kappa shape index (κ2) is 18.1. The summed E-state index contributed by atoms with van der Waals surface area (Å²) < 4.78 is 24.6. The van der Waals surface area contributed by atoms with E-state index in [-0.39, 0.29) is 36.0 Å². The number of ether oxygens (including phenoxy) is 2. The van der Waals surface area contributed by atoms with E-state index >= 15 is 4.39 Å². The van der Waals surface area contributed by atoms with Gasteiger partial charge in [-0.25, -0.2) is 23.8 Å². The quantitative estimate of drug-likeness (QED) is 0.179. The van der Waals surface area contributed by atoms with Crippen molar-refractivity contribution in [2.45, 2.75) is 77.5 Å². The second-order valence-electron chi connectivity index (χ2n) is 14.5. The normalized spacial score (nSPS) is 17.7. The zero-order valence-electron chi connectivity index (χ0n) is 32.3. The Balaban J connectivity index is 1.19. The molecule has 0 saturated carbocycles. The highest BCUT2D eigenvalue weighted by Crippen LogP contribution is 2.33. The molecule has 3 aromatic rings. The molecule has 2 saturated heterocycles. The SMILES string of the molecule is COC(=O)NC(C(=O)N1CCCC1C(=O)NC(=O)Nc1ccc(-c2ccc(-c3cnc(C4CCCN4C(=O)[C@@H](NC(=O)OC)C(C)C)[nH]3)cc2)cc1F)C(C)C. The van der Waals surface area contributed by atoms with E-state index < -0.39 is 54.0 Å². The van der Waals surface area contributed by atoms with Gasteiger partial charge in [0.1, 0.15) is 29.8 Å². The molecule has 7 amide bonds. The molecular formula is C39H49FN8O8. The summed E-state index contributed by atoms with van der Waals surface area (Å²) in [6.45, 7) is 8.02. The summed E-state index contributed by atoms with van der Waals surface area (Å²) in [6, 6.07) is 7.78. The third-order valence-corrected chi connectivity index (χ3v) is 10.1. The Bertz CT molecular complexity index is 1930. The molecule has 1 aromatic heterocycles. The first-order valence-corrected chi connectivity index (χ1v) is 18.6. The van der Waals surface area contributed by atoms with Crippen LogP contribution in [0.4, 0.5) is 24.5 Å². The first-order chi connectivity index (χ1) is 26.7. The number of aromatic amines is 1. The summed E-state index contributed by atoms with van der Waals surface area (Å²) in [6.07, 6.45) is 2.59. The third kappa shape index (κ3) is 9.44. The number of H-pyrrole nitrogens is 1. The number of imidazole rings is 1. The zero-order chi connectivity index (χ0) is 40.7. The number of rotatable bonds is 11. The van der Waals surface area contributed by atoms with Crippen LogP contribution in [0.1, 0.15) is 65.2 Å². The molecular weight excluding hydrogens is 727 g/mol. The average Bonchev–Trinajstić information content (AvgIpc) is 3.97. The monoisotopic (exact) mass is 776 g/mol. The number of hydrogen-bond acceptors (Lipinski definition) is 9. The first-order valence-electron chi connectivity index (χ1n) is 18.6. The highest BCUT2D eigenvalue weighted by atomic mass is 19.1. The van der Waals surface area contributed by atoms with Gasteiger partial charge in [0.05, 0.1) is 37.8 Å². The van der Waals surface area contributed by atoms with Crippen molar-refractivity contribution in [1.82, 2.24) is 35.7 Å². The molecule has 5 rings (SSSR count). The van der Waals surface area contributed by atoms with E-state index in [0.29, 0.717) is 42.8 Å². The van der Waals surface area contributed by atoms with Crippen molar-refractivity contribution in [3.63, 3.8) is 0 Å². The molecule has 2 aromatic carbocycles. The number of benzene rings is 2. The summed E-state index contributed by atoms with van der Waals surface area (Å²) in [4.78, 5) is 87.3. The number of urea groups is 1. The molecule has 2 aliphatic rings. The van der Waals surface area contributed by atoms with Crippen molar-refractivity contribution in [2.24, 2.45) is 11.8 Å². The van der Waals surface area contributed by atoms with Crippen molar-refractivity contribution in [3.8, 4) is 22.4 Å². The van der Waals surface area contributed by atoms with E-state index in [1.807, 2.05) is 38.1 Å². The van der Waals surface area contributed by atoms with Crippen LogP contribution in [0.2, 0.25) is 0 Å². The Hall–Kier alpha value is -6.00. The molecule has 0 aliphatic carbocycles. The van der Waals surface area contributed by atoms with Crippen LogP contribution < -0.4 is 21.3 Å². The molecule has 16 nitrogen and oxygen atoms in total. The van der Waals surface area contributed by atoms with Gasteiger partial charge in [0.25, 0.3) is 5.91 Å². The molecule has 3 unspecified atom stereocenters. The number of carbonyl (C=O) groups is 6. The van der Waals surface area contributed by atoms with E-state index in [0.717, 1.165) is 17.7 Å². The number of imide groups is 1. The molecule has 17 heteroatoms. The van der Waals surface area contributed by atoms with Crippen LogP contribution in [0.3, 0.4) is 0 Å². The maximum absolute atomic E-state index is 15.3. The van der Waals surface area contributed by atoms with Crippen LogP contribution in [0, 0.1) is 17.7 Å². The molecule has 2 aliphatic heterocycles. The van der Waals surface area contributed by atoms with Gasteiger partial charge in [0.15, 0.2) is 0 Å². The van der Waals surface area contributed by atoms with Gasteiger partial charge in [-0.1, -0.05) is 58.0 Å². The Kier molecular flexibility index (Phi) is 13.3. The largest absolute Gasteiger partial charge is 0.453 e. The van der Waals surface area contributed by atoms with E-state index in [1.54, 1.807) is 31.0 Å². The molecule has 4 atom stereocenters. The molecule has 0 bridgehead atoms. The fourth-order valence-electron chi connectivity index (χ4n) is 7.01. The number of carbonyl (C=O) groups excluding carboxylic acids is 6. The van der Waals surface area contributed by atoms with E-state index in [1.165, 1.54) is 31.3 Å². The average molecular weight is 777 g/mol. The van der Waals surface area contributed by atoms with Gasteiger partial charge < -0.3 is 40.2 Å². The topological polar surface area (TPSA) is 204 Å². The van der Waals surface area contributed by atoms with Gasteiger partial charge in [-0.05, 0) is 66.3 Å². The van der Waals surface area contributed by atoms with E-state index in [9.17, 15) is 28.8 Å². The summed E-state index contributed by atoms with van der Waals surface area (Å²) >= 11 is 0. The third-order valence-electron chi connectivity index (χ3n) is 10.1. The lowest BCUT2D eigenvalue weighted by atomic mass is 10.0. The second-order valence-corrected chi connectivity index (χ2v) is 14.5. The van der Waals surface area contributed by atoms with Gasteiger partial charge in [0.2, 0.25) is 11.8 Å². The van der Waals surface area contributed by atoms with Crippen molar-refractivity contribution in [1.29, 1.82) is 0 Å². The zero-order valence-corrected chi connectivity index (χ0v) is 32.3. The van der Waals surface area contributed by atoms with Gasteiger partial charge >= 0.3 is 18.2 Å². The predicted octanol–water partition coefficient (Wildman–Crippen LogP) is 4.95. The van der Waals surface area contributed by atoms with Gasteiger partial charge in [0, 0.05) is 13.1 Å². The number of amides is 7. The van der Waals surface area contributed by atoms with Crippen LogP contribution in [-0.2, 0) is 23.9 Å². The number of likely N-dealkylation sites (tertiary alicyclic amines) is 2. The number of methoxy groups -OCH3 is 2. The van der Waals surface area contributed by atoms with Crippen molar-refractivity contribution in [3.05, 3.63) is 60.3 Å². The van der Waals surface area contributed by atoms with Crippen molar-refractivity contribution < 1.29 is 42.6 Å². The molecule has 0 spiro atoms. The maximum atomic E-state index is 15.3. The summed E-state index contributed by atoms with van der Waals surface area (Å²) in [5, 5.41) is 9.73. The minimum absolute atomic E-state index is 0.151. The van der Waals surface area contributed by atoms with Crippen LogP contribution >= 0.6 is 0 Å². The van der Waals surface area contributed by atoms with Gasteiger partial charge in [-0.2, -0.15) is 0 Å². The number of anilines is 1. The minimum Gasteiger partial charge on any atom is -0.453 e. The van der Waals surface area contributed by atoms with E-state index in [2.05, 4.69) is 36.0 Å². The molecule has 0 radical (unpaired) electrons. The molecule has 2 fully saturated rings. The summed E-state index contributed by atoms with van der Waals surface area (Å²) in [7, 11) is 2.44. The number of hydrogen-bond donors (Lipinski definition) is 5. The fourth-order valence-corrected chi connectivity index (χ4v) is 7.01. The van der Waals surface area contributed by atoms with Crippen molar-refractivity contribution in [2.75, 3.05) is 32.6 Å². The summed E-state index contributed by atoms with van der Waals surface area (Å²) in [5.41, 5.74) is 2.65. The Labute approximate surface area is 324 Å². The lowest BCUT2D eigenvalue weighted by Gasteiger charge is -2.30. The van der Waals surface area contributed by atoms with Crippen LogP contribution in [0.25, 0.3) is 22.4 Å². The number of aromatic nitrogens is 2. The van der Waals surface area contributed by atoms with Gasteiger partial charge in [-0.15, -0.1) is 0 Å². The van der Waals surface area contributed by atoms with Crippen molar-refractivity contribution >= 4 is 41.6 Å². The number of nitrogens with one attached hydrogen (secondary N) is 5. The van der Waals surface area contributed by atoms with Crippen LogP contribution in [0.5, 0.6) is 0 Å². The molecule has 56 heavy (non-hydrogen) atoms. The highest BCUT2D eigenvalue weighted by Gasteiger charge is 2.40. The number of nitrogens with zero attached hydrogens (tertiary/aromatic N) is 3. The Morgan fingerprint density at radius 3 is 1.93 bits per heavy atom. The lowest BCUT2D eigenvalue weighted by molar-refractivity contribution is -0.140. The molecule has 3 heterocycles. The standard InChI is InChI=1S/C39H49FN8O8/c1-21(2)31(44-38(53)55-5)35(50)47-17-7-9-29(47)33-41-20-28(42-33)24-13-11-23(12-14-24)25-15-16-27(26(40)19-25)43-37(52)46-34(49)30-10-8-18-48(30)36(51)32(22(3)4)45-39(54)56-6/h11-16,19-22,29-32H,7-10,17-18H2,1-6H3,(H,41,42)(H,44,53)(H,45,54)(H2,43,46,49,52)/t29?,30?,31-,32?/m0/s1. The minimum atomic E-state index is -0.958. The van der Waals surface area contributed by atoms with Gasteiger partial charge in [-0.3, -0.25) is 19.7 Å². The van der Waals surface area contributed by atoms with E-state index in [4.69, 9.17) is 4.74 Å². The lowest BCUT2D eigenvalue weighted by Crippen LogP contribution is -2.55. The maximum Gasteiger partial charge on any atom is 0.407 e. The fraction of sp³-hybridized carbons (Fsp3) is 0.462. The number of alkyl carbamates (subject to hydrolysis) is 2.